The summed E-state index contributed by atoms with van der Waals surface area (Å²) in [7, 11) is 0. The Bertz CT molecular complexity index is 415. The largest absolute Gasteiger partial charge is 0.381 e. The Kier molecular flexibility index (Phi) is 5.72. The van der Waals surface area contributed by atoms with Crippen LogP contribution in [0, 0.1) is 13.8 Å². The summed E-state index contributed by atoms with van der Waals surface area (Å²) in [6.07, 6.45) is 0.278. The number of ether oxygens (including phenoxy) is 1. The fourth-order valence-corrected chi connectivity index (χ4v) is 1.84. The first-order chi connectivity index (χ1) is 8.52. The summed E-state index contributed by atoms with van der Waals surface area (Å²) < 4.78 is 5.10. The molecule has 0 N–H and O–H groups in total. The summed E-state index contributed by atoms with van der Waals surface area (Å²) in [5.74, 6) is -0.170. The molecule has 0 aromatic heterocycles. The van der Waals surface area contributed by atoms with E-state index in [9.17, 15) is 9.59 Å². The fraction of sp³-hybridized carbons (Fsp3) is 0.467. The third-order valence-electron chi connectivity index (χ3n) is 2.63. The quantitative estimate of drug-likeness (QED) is 0.423. The van der Waals surface area contributed by atoms with Crippen molar-refractivity contribution in [2.24, 2.45) is 0 Å². The van der Waals surface area contributed by atoms with E-state index in [1.165, 1.54) is 0 Å². The molecule has 0 fully saturated rings. The maximum Gasteiger partial charge on any atom is 0.170 e. The summed E-state index contributed by atoms with van der Waals surface area (Å²) in [5, 5.41) is 0. The van der Waals surface area contributed by atoms with Gasteiger partial charge in [0, 0.05) is 18.6 Å². The molecule has 1 aromatic rings. The lowest BCUT2D eigenvalue weighted by Crippen LogP contribution is -2.11. The van der Waals surface area contributed by atoms with Crippen LogP contribution in [0.3, 0.4) is 0 Å². The molecular formula is C15H20O3. The zero-order chi connectivity index (χ0) is 13.5. The van der Waals surface area contributed by atoms with Crippen molar-refractivity contribution in [2.45, 2.75) is 33.6 Å². The standard InChI is InChI=1S/C15H20O3/c1-4-18-6-5-14(16)10-15(17)13-8-11(2)7-12(3)9-13/h7-9H,4-6,10H2,1-3H3. The molecule has 0 unspecified atom stereocenters. The molecule has 0 saturated heterocycles. The van der Waals surface area contributed by atoms with Gasteiger partial charge in [0.2, 0.25) is 0 Å². The molecule has 0 aliphatic heterocycles. The first-order valence-corrected chi connectivity index (χ1v) is 6.24. The number of hydrogen-bond donors (Lipinski definition) is 0. The number of carbonyl (C=O) groups is 2. The average molecular weight is 248 g/mol. The first-order valence-electron chi connectivity index (χ1n) is 6.24. The van der Waals surface area contributed by atoms with E-state index in [-0.39, 0.29) is 18.0 Å². The second kappa shape index (κ2) is 7.07. The van der Waals surface area contributed by atoms with Gasteiger partial charge in [0.1, 0.15) is 5.78 Å². The van der Waals surface area contributed by atoms with E-state index in [1.807, 2.05) is 39.0 Å². The Morgan fingerprint density at radius 3 is 2.28 bits per heavy atom. The van der Waals surface area contributed by atoms with Crippen LogP contribution >= 0.6 is 0 Å². The molecule has 18 heavy (non-hydrogen) atoms. The number of aryl methyl sites for hydroxylation is 2. The van der Waals surface area contributed by atoms with E-state index in [2.05, 4.69) is 0 Å². The Balaban J connectivity index is 2.56. The Hall–Kier alpha value is -1.48. The summed E-state index contributed by atoms with van der Waals surface area (Å²) in [6.45, 7) is 6.76. The first kappa shape index (κ1) is 14.6. The fourth-order valence-electron chi connectivity index (χ4n) is 1.84. The van der Waals surface area contributed by atoms with E-state index >= 15 is 0 Å². The monoisotopic (exact) mass is 248 g/mol. The molecule has 1 aromatic carbocycles. The van der Waals surface area contributed by atoms with Crippen molar-refractivity contribution in [1.29, 1.82) is 0 Å². The Morgan fingerprint density at radius 1 is 1.11 bits per heavy atom. The van der Waals surface area contributed by atoms with Gasteiger partial charge in [-0.1, -0.05) is 17.2 Å². The van der Waals surface area contributed by atoms with Gasteiger partial charge in [-0.05, 0) is 32.9 Å². The van der Waals surface area contributed by atoms with Gasteiger partial charge in [-0.25, -0.2) is 0 Å². The van der Waals surface area contributed by atoms with Gasteiger partial charge in [0.05, 0.1) is 13.0 Å². The molecule has 0 atom stereocenters. The van der Waals surface area contributed by atoms with Gasteiger partial charge in [-0.2, -0.15) is 0 Å². The average Bonchev–Trinajstić information content (AvgIpc) is 2.28. The number of carbonyl (C=O) groups excluding carboxylic acids is 2. The minimum atomic E-state index is -0.108. The summed E-state index contributed by atoms with van der Waals surface area (Å²) in [5.41, 5.74) is 2.71. The molecule has 0 radical (unpaired) electrons. The van der Waals surface area contributed by atoms with Crippen LogP contribution in [0.25, 0.3) is 0 Å². The predicted octanol–water partition coefficient (Wildman–Crippen LogP) is 2.87. The van der Waals surface area contributed by atoms with Crippen LogP contribution in [0.15, 0.2) is 18.2 Å². The molecule has 0 aliphatic rings. The molecular weight excluding hydrogens is 228 g/mol. The molecule has 3 heteroatoms. The van der Waals surface area contributed by atoms with Crippen molar-refractivity contribution in [3.8, 4) is 0 Å². The molecule has 0 heterocycles. The number of benzene rings is 1. The normalized spacial score (nSPS) is 10.4. The lowest BCUT2D eigenvalue weighted by Gasteiger charge is -2.04. The molecule has 0 amide bonds. The molecule has 3 nitrogen and oxygen atoms in total. The SMILES string of the molecule is CCOCCC(=O)CC(=O)c1cc(C)cc(C)c1. The predicted molar refractivity (Wildman–Crippen MR) is 71.0 cm³/mol. The second-order valence-electron chi connectivity index (χ2n) is 4.46. The van der Waals surface area contributed by atoms with Crippen LogP contribution in [0.2, 0.25) is 0 Å². The maximum atomic E-state index is 11.9. The highest BCUT2D eigenvalue weighted by Crippen LogP contribution is 2.11. The minimum Gasteiger partial charge on any atom is -0.381 e. The van der Waals surface area contributed by atoms with Crippen molar-refractivity contribution in [1.82, 2.24) is 0 Å². The molecule has 0 saturated carbocycles. The highest BCUT2D eigenvalue weighted by Gasteiger charge is 2.12. The third-order valence-corrected chi connectivity index (χ3v) is 2.63. The highest BCUT2D eigenvalue weighted by atomic mass is 16.5. The van der Waals surface area contributed by atoms with Crippen molar-refractivity contribution in [3.63, 3.8) is 0 Å². The number of hydrogen-bond acceptors (Lipinski definition) is 3. The van der Waals surface area contributed by atoms with Crippen LogP contribution < -0.4 is 0 Å². The van der Waals surface area contributed by atoms with Crippen LogP contribution in [0.5, 0.6) is 0 Å². The van der Waals surface area contributed by atoms with E-state index < -0.39 is 0 Å². The van der Waals surface area contributed by atoms with Crippen LogP contribution in [0.4, 0.5) is 0 Å². The van der Waals surface area contributed by atoms with Crippen molar-refractivity contribution >= 4 is 11.6 Å². The molecule has 0 bridgehead atoms. The van der Waals surface area contributed by atoms with Gasteiger partial charge in [0.25, 0.3) is 0 Å². The van der Waals surface area contributed by atoms with Gasteiger partial charge >= 0.3 is 0 Å². The third kappa shape index (κ3) is 4.80. The van der Waals surface area contributed by atoms with E-state index in [4.69, 9.17) is 4.74 Å². The number of ketones is 2. The highest BCUT2D eigenvalue weighted by molar-refractivity contribution is 6.08. The zero-order valence-corrected chi connectivity index (χ0v) is 11.3. The van der Waals surface area contributed by atoms with Gasteiger partial charge in [-0.15, -0.1) is 0 Å². The molecule has 0 aliphatic carbocycles. The van der Waals surface area contributed by atoms with E-state index in [1.54, 1.807) is 0 Å². The van der Waals surface area contributed by atoms with Crippen LogP contribution in [-0.2, 0) is 9.53 Å². The van der Waals surface area contributed by atoms with Gasteiger partial charge in [-0.3, -0.25) is 9.59 Å². The number of Topliss-reactive ketones (excluding diaryl/α,β-unsaturated/α-hetero) is 2. The van der Waals surface area contributed by atoms with Crippen molar-refractivity contribution in [3.05, 3.63) is 34.9 Å². The lowest BCUT2D eigenvalue weighted by molar-refractivity contribution is -0.119. The van der Waals surface area contributed by atoms with Crippen molar-refractivity contribution < 1.29 is 14.3 Å². The van der Waals surface area contributed by atoms with E-state index in [0.717, 1.165) is 11.1 Å². The maximum absolute atomic E-state index is 11.9. The summed E-state index contributed by atoms with van der Waals surface area (Å²) in [4.78, 5) is 23.5. The Labute approximate surface area is 108 Å². The zero-order valence-electron chi connectivity index (χ0n) is 11.3. The molecule has 1 rings (SSSR count). The molecule has 98 valence electrons. The summed E-state index contributed by atoms with van der Waals surface area (Å²) in [6, 6.07) is 5.66. The van der Waals surface area contributed by atoms with Crippen LogP contribution in [0.1, 0.15) is 41.3 Å². The van der Waals surface area contributed by atoms with Crippen molar-refractivity contribution in [2.75, 3.05) is 13.2 Å². The topological polar surface area (TPSA) is 43.4 Å². The Morgan fingerprint density at radius 2 is 1.72 bits per heavy atom. The minimum absolute atomic E-state index is 0.0318. The summed E-state index contributed by atoms with van der Waals surface area (Å²) >= 11 is 0. The second-order valence-corrected chi connectivity index (χ2v) is 4.46. The smallest absolute Gasteiger partial charge is 0.170 e. The number of rotatable bonds is 7. The van der Waals surface area contributed by atoms with Gasteiger partial charge in [0.15, 0.2) is 5.78 Å². The lowest BCUT2D eigenvalue weighted by atomic mass is 10.0. The van der Waals surface area contributed by atoms with Gasteiger partial charge < -0.3 is 4.74 Å². The van der Waals surface area contributed by atoms with Crippen LogP contribution in [-0.4, -0.2) is 24.8 Å². The molecule has 0 spiro atoms. The van der Waals surface area contributed by atoms with E-state index in [0.29, 0.717) is 25.2 Å².